The minimum absolute atomic E-state index is 0.316. The third-order valence-electron chi connectivity index (χ3n) is 4.55. The highest BCUT2D eigenvalue weighted by Gasteiger charge is 2.14. The van der Waals surface area contributed by atoms with Crippen LogP contribution in [0.25, 0.3) is 27.9 Å². The number of nitrogens with one attached hydrogen (secondary N) is 2. The number of carbonyl (C=O) groups is 1. The number of rotatable bonds is 5. The van der Waals surface area contributed by atoms with Crippen molar-refractivity contribution in [1.29, 1.82) is 0 Å². The maximum atomic E-state index is 13.1. The Balaban J connectivity index is 1.62. The van der Waals surface area contributed by atoms with Gasteiger partial charge in [0.1, 0.15) is 5.82 Å². The summed E-state index contributed by atoms with van der Waals surface area (Å²) in [6, 6.07) is 24.8. The van der Waals surface area contributed by atoms with E-state index in [9.17, 15) is 9.18 Å². The molecule has 4 nitrogen and oxygen atoms in total. The van der Waals surface area contributed by atoms with Crippen LogP contribution < -0.4 is 10.9 Å². The zero-order valence-corrected chi connectivity index (χ0v) is 15.5. The van der Waals surface area contributed by atoms with Crippen molar-refractivity contribution >= 4 is 22.5 Å². The highest BCUT2D eigenvalue weighted by Crippen LogP contribution is 2.24. The molecule has 0 radical (unpaired) electrons. The average molecular weight is 383 g/mol. The van der Waals surface area contributed by atoms with Crippen LogP contribution >= 0.6 is 0 Å². The molecule has 1 amide bonds. The number of pyridine rings is 1. The Morgan fingerprint density at radius 1 is 0.862 bits per heavy atom. The lowest BCUT2D eigenvalue weighted by molar-refractivity contribution is 0.0944. The molecule has 0 fully saturated rings. The predicted molar refractivity (Wildman–Crippen MR) is 113 cm³/mol. The van der Waals surface area contributed by atoms with E-state index >= 15 is 0 Å². The zero-order chi connectivity index (χ0) is 20.2. The Hall–Kier alpha value is -3.99. The molecule has 4 rings (SSSR count). The van der Waals surface area contributed by atoms with E-state index in [2.05, 4.69) is 22.4 Å². The summed E-state index contributed by atoms with van der Waals surface area (Å²) in [5.74, 6) is -0.647. The van der Waals surface area contributed by atoms with E-state index in [1.165, 1.54) is 12.1 Å². The van der Waals surface area contributed by atoms with Crippen molar-refractivity contribution in [3.8, 4) is 11.3 Å². The maximum Gasteiger partial charge on any atom is 0.270 e. The van der Waals surface area contributed by atoms with Crippen molar-refractivity contribution < 1.29 is 9.18 Å². The van der Waals surface area contributed by atoms with Crippen molar-refractivity contribution in [2.24, 2.45) is 0 Å². The summed E-state index contributed by atoms with van der Waals surface area (Å²) in [5.41, 5.74) is 9.48. The topological polar surface area (TPSA) is 54.0 Å². The molecule has 1 aromatic heterocycles. The van der Waals surface area contributed by atoms with Gasteiger partial charge in [-0.15, -0.1) is 0 Å². The number of benzene rings is 3. The molecule has 0 aliphatic carbocycles. The van der Waals surface area contributed by atoms with E-state index in [0.717, 1.165) is 16.5 Å². The fourth-order valence-corrected chi connectivity index (χ4v) is 3.04. The SMILES string of the molecule is C=C(NNC(=O)c1cc(-c2ccccc2)nc2ccccc12)c1ccc(F)cc1. The lowest BCUT2D eigenvalue weighted by Gasteiger charge is -2.13. The minimum atomic E-state index is -0.331. The molecule has 1 heterocycles. The lowest BCUT2D eigenvalue weighted by Crippen LogP contribution is -2.36. The molecule has 5 heteroatoms. The van der Waals surface area contributed by atoms with Crippen molar-refractivity contribution in [3.05, 3.63) is 108 Å². The molecule has 0 aliphatic heterocycles. The summed E-state index contributed by atoms with van der Waals surface area (Å²) in [6.07, 6.45) is 0. The number of carbonyl (C=O) groups excluding carboxylic acids is 1. The second-order valence-electron chi connectivity index (χ2n) is 6.50. The van der Waals surface area contributed by atoms with Crippen LogP contribution in [0.4, 0.5) is 4.39 Å². The highest BCUT2D eigenvalue weighted by atomic mass is 19.1. The van der Waals surface area contributed by atoms with Crippen molar-refractivity contribution in [1.82, 2.24) is 15.8 Å². The molecular formula is C24H18FN3O. The van der Waals surface area contributed by atoms with Gasteiger partial charge in [0.05, 0.1) is 22.5 Å². The molecular weight excluding hydrogens is 365 g/mol. The average Bonchev–Trinajstić information content (AvgIpc) is 2.77. The van der Waals surface area contributed by atoms with Crippen molar-refractivity contribution in [2.75, 3.05) is 0 Å². The van der Waals surface area contributed by atoms with Gasteiger partial charge in [-0.25, -0.2) is 9.37 Å². The van der Waals surface area contributed by atoms with Crippen molar-refractivity contribution in [2.45, 2.75) is 0 Å². The van der Waals surface area contributed by atoms with Crippen molar-refractivity contribution in [3.63, 3.8) is 0 Å². The van der Waals surface area contributed by atoms with E-state index < -0.39 is 0 Å². The van der Waals surface area contributed by atoms with Gasteiger partial charge >= 0.3 is 0 Å². The Morgan fingerprint density at radius 2 is 1.55 bits per heavy atom. The van der Waals surface area contributed by atoms with Crippen LogP contribution in [0.5, 0.6) is 0 Å². The molecule has 2 N–H and O–H groups in total. The summed E-state index contributed by atoms with van der Waals surface area (Å²) in [7, 11) is 0. The standard InChI is InChI=1S/C24H18FN3O/c1-16(17-11-13-19(25)14-12-17)27-28-24(29)21-15-23(18-7-3-2-4-8-18)26-22-10-6-5-9-20(21)22/h2-15,27H,1H2,(H,28,29). The second kappa shape index (κ2) is 7.94. The second-order valence-corrected chi connectivity index (χ2v) is 6.50. The number of halogens is 1. The smallest absolute Gasteiger partial charge is 0.270 e. The van der Waals surface area contributed by atoms with Gasteiger partial charge in [-0.05, 0) is 42.0 Å². The Kier molecular flexibility index (Phi) is 5.03. The first kappa shape index (κ1) is 18.4. The zero-order valence-electron chi connectivity index (χ0n) is 15.5. The molecule has 29 heavy (non-hydrogen) atoms. The molecule has 0 unspecified atom stereocenters. The fraction of sp³-hybridized carbons (Fsp3) is 0. The summed E-state index contributed by atoms with van der Waals surface area (Å²) in [5, 5.41) is 0.749. The maximum absolute atomic E-state index is 13.1. The van der Waals surface area contributed by atoms with E-state index in [1.54, 1.807) is 18.2 Å². The molecule has 3 aromatic carbocycles. The van der Waals surface area contributed by atoms with Crippen LogP contribution in [0, 0.1) is 5.82 Å². The minimum Gasteiger partial charge on any atom is -0.298 e. The molecule has 0 spiro atoms. The van der Waals surface area contributed by atoms with Crippen LogP contribution in [-0.4, -0.2) is 10.9 Å². The number of aromatic nitrogens is 1. The van der Waals surface area contributed by atoms with Gasteiger partial charge in [-0.2, -0.15) is 0 Å². The number of fused-ring (bicyclic) bond motifs is 1. The predicted octanol–water partition coefficient (Wildman–Crippen LogP) is 4.95. The van der Waals surface area contributed by atoms with Gasteiger partial charge in [0, 0.05) is 10.9 Å². The van der Waals surface area contributed by atoms with E-state index in [4.69, 9.17) is 0 Å². The number of nitrogens with zero attached hydrogens (tertiary/aromatic N) is 1. The number of hydrazine groups is 1. The first-order valence-corrected chi connectivity index (χ1v) is 9.08. The van der Waals surface area contributed by atoms with E-state index in [1.807, 2.05) is 54.6 Å². The highest BCUT2D eigenvalue weighted by molar-refractivity contribution is 6.07. The summed E-state index contributed by atoms with van der Waals surface area (Å²) in [4.78, 5) is 17.6. The van der Waals surface area contributed by atoms with Crippen LogP contribution in [0.15, 0.2) is 91.5 Å². The lowest BCUT2D eigenvalue weighted by atomic mass is 10.0. The van der Waals surface area contributed by atoms with E-state index in [-0.39, 0.29) is 11.7 Å². The molecule has 0 bridgehead atoms. The number of hydrogen-bond donors (Lipinski definition) is 2. The first-order chi connectivity index (χ1) is 14.1. The van der Waals surface area contributed by atoms with Crippen LogP contribution in [0.2, 0.25) is 0 Å². The molecule has 0 saturated carbocycles. The molecule has 0 atom stereocenters. The molecule has 0 saturated heterocycles. The first-order valence-electron chi connectivity index (χ1n) is 9.08. The molecule has 142 valence electrons. The van der Waals surface area contributed by atoms with E-state index in [0.29, 0.717) is 22.5 Å². The normalized spacial score (nSPS) is 10.5. The van der Waals surface area contributed by atoms with Gasteiger partial charge in [0.2, 0.25) is 0 Å². The largest absolute Gasteiger partial charge is 0.298 e. The van der Waals surface area contributed by atoms with Crippen LogP contribution in [-0.2, 0) is 0 Å². The van der Waals surface area contributed by atoms with Crippen LogP contribution in [0.1, 0.15) is 15.9 Å². The number of para-hydroxylation sites is 1. The summed E-state index contributed by atoms with van der Waals surface area (Å²) in [6.45, 7) is 3.89. The van der Waals surface area contributed by atoms with Gasteiger partial charge in [0.15, 0.2) is 0 Å². The van der Waals surface area contributed by atoms with Crippen LogP contribution in [0.3, 0.4) is 0 Å². The Bertz CT molecular complexity index is 1190. The third kappa shape index (κ3) is 3.99. The Labute approximate surface area is 167 Å². The van der Waals surface area contributed by atoms with Gasteiger partial charge in [0.25, 0.3) is 5.91 Å². The third-order valence-corrected chi connectivity index (χ3v) is 4.55. The molecule has 0 aliphatic rings. The summed E-state index contributed by atoms with van der Waals surface area (Å²) >= 11 is 0. The quantitative estimate of drug-likeness (QED) is 0.480. The number of amides is 1. The van der Waals surface area contributed by atoms with Gasteiger partial charge in [-0.1, -0.05) is 55.1 Å². The monoisotopic (exact) mass is 383 g/mol. The van der Waals surface area contributed by atoms with Gasteiger partial charge in [-0.3, -0.25) is 15.6 Å². The fourth-order valence-electron chi connectivity index (χ4n) is 3.04. The molecule has 4 aromatic rings. The number of hydrogen-bond acceptors (Lipinski definition) is 3. The Morgan fingerprint density at radius 3 is 2.31 bits per heavy atom. The summed E-state index contributed by atoms with van der Waals surface area (Å²) < 4.78 is 13.1. The van der Waals surface area contributed by atoms with Gasteiger partial charge < -0.3 is 0 Å².